The highest BCUT2D eigenvalue weighted by atomic mass is 16.5. The molecule has 0 aliphatic carbocycles. The first-order valence-electron chi connectivity index (χ1n) is 8.23. The minimum atomic E-state index is -0.469. The van der Waals surface area contributed by atoms with E-state index >= 15 is 0 Å². The van der Waals surface area contributed by atoms with Gasteiger partial charge in [-0.1, -0.05) is 6.07 Å². The number of hydrogen-bond acceptors (Lipinski definition) is 6. The lowest BCUT2D eigenvalue weighted by molar-refractivity contribution is -0.131. The van der Waals surface area contributed by atoms with Crippen LogP contribution in [0.25, 0.3) is 0 Å². The molecule has 4 N–H and O–H groups in total. The molecule has 0 spiro atoms. The van der Waals surface area contributed by atoms with Gasteiger partial charge in [-0.05, 0) is 36.8 Å². The molecule has 0 aliphatic heterocycles. The zero-order valence-corrected chi connectivity index (χ0v) is 14.7. The molecule has 0 bridgehead atoms. The first-order valence-corrected chi connectivity index (χ1v) is 8.23. The van der Waals surface area contributed by atoms with Crippen molar-refractivity contribution in [1.29, 1.82) is 0 Å². The standard InChI is InChI=1S/C19H20N2O6/c1-12(22)27-17-5-2-4-13(10-17)18(25)20-6-3-7-21-19(26)14-8-15(23)11-16(24)9-14/h2,4-5,8-11,23-24H,3,6-7H2,1H3,(H,20,25)(H,21,26). The Hall–Kier alpha value is -3.55. The minimum absolute atomic E-state index is 0.138. The van der Waals surface area contributed by atoms with Crippen LogP contribution in [0.1, 0.15) is 34.1 Å². The summed E-state index contributed by atoms with van der Waals surface area (Å²) in [6.07, 6.45) is 0.478. The highest BCUT2D eigenvalue weighted by molar-refractivity contribution is 5.95. The van der Waals surface area contributed by atoms with Gasteiger partial charge >= 0.3 is 5.97 Å². The van der Waals surface area contributed by atoms with Crippen molar-refractivity contribution in [3.05, 3.63) is 53.6 Å². The van der Waals surface area contributed by atoms with Gasteiger partial charge in [0, 0.05) is 37.2 Å². The molecule has 0 unspecified atom stereocenters. The maximum Gasteiger partial charge on any atom is 0.308 e. The summed E-state index contributed by atoms with van der Waals surface area (Å²) in [5.41, 5.74) is 0.492. The fourth-order valence-electron chi connectivity index (χ4n) is 2.29. The van der Waals surface area contributed by atoms with E-state index in [0.717, 1.165) is 6.07 Å². The van der Waals surface area contributed by atoms with Gasteiger partial charge in [-0.3, -0.25) is 14.4 Å². The molecule has 27 heavy (non-hydrogen) atoms. The highest BCUT2D eigenvalue weighted by Gasteiger charge is 2.09. The highest BCUT2D eigenvalue weighted by Crippen LogP contribution is 2.20. The molecule has 2 aromatic rings. The largest absolute Gasteiger partial charge is 0.508 e. The average Bonchev–Trinajstić information content (AvgIpc) is 2.60. The predicted octanol–water partition coefficient (Wildman–Crippen LogP) is 1.57. The predicted molar refractivity (Wildman–Crippen MR) is 96.8 cm³/mol. The Bertz CT molecular complexity index is 830. The van der Waals surface area contributed by atoms with Crippen LogP contribution in [0.5, 0.6) is 17.2 Å². The molecule has 0 heterocycles. The molecule has 0 atom stereocenters. The number of amides is 2. The molecule has 0 saturated heterocycles. The van der Waals surface area contributed by atoms with Gasteiger partial charge in [0.15, 0.2) is 0 Å². The third-order valence-electron chi connectivity index (χ3n) is 3.45. The number of carbonyl (C=O) groups is 3. The lowest BCUT2D eigenvalue weighted by Crippen LogP contribution is -2.29. The molecule has 0 aromatic heterocycles. The number of hydrogen-bond donors (Lipinski definition) is 4. The van der Waals surface area contributed by atoms with Gasteiger partial charge in [0.25, 0.3) is 11.8 Å². The average molecular weight is 372 g/mol. The SMILES string of the molecule is CC(=O)Oc1cccc(C(=O)NCCCNC(=O)c2cc(O)cc(O)c2)c1. The smallest absolute Gasteiger partial charge is 0.308 e. The molecule has 8 nitrogen and oxygen atoms in total. The van der Waals surface area contributed by atoms with Crippen molar-refractivity contribution in [2.45, 2.75) is 13.3 Å². The van der Waals surface area contributed by atoms with Crippen LogP contribution in [0.2, 0.25) is 0 Å². The lowest BCUT2D eigenvalue weighted by atomic mass is 10.2. The van der Waals surface area contributed by atoms with Crippen molar-refractivity contribution in [2.75, 3.05) is 13.1 Å². The number of carbonyl (C=O) groups excluding carboxylic acids is 3. The van der Waals surface area contributed by atoms with E-state index in [1.165, 1.54) is 25.1 Å². The second-order valence-electron chi connectivity index (χ2n) is 5.72. The number of benzene rings is 2. The summed E-state index contributed by atoms with van der Waals surface area (Å²) >= 11 is 0. The Labute approximate surface area is 155 Å². The van der Waals surface area contributed by atoms with E-state index < -0.39 is 11.9 Å². The van der Waals surface area contributed by atoms with Gasteiger partial charge in [0.2, 0.25) is 0 Å². The monoisotopic (exact) mass is 372 g/mol. The lowest BCUT2D eigenvalue weighted by Gasteiger charge is -2.08. The Kier molecular flexibility index (Phi) is 6.76. The Morgan fingerprint density at radius 1 is 0.889 bits per heavy atom. The molecule has 2 aromatic carbocycles. The van der Waals surface area contributed by atoms with Crippen molar-refractivity contribution < 1.29 is 29.3 Å². The second kappa shape index (κ2) is 9.23. The molecule has 0 saturated carbocycles. The summed E-state index contributed by atoms with van der Waals surface area (Å²) in [5.74, 6) is -1.36. The van der Waals surface area contributed by atoms with Gasteiger partial charge in [-0.15, -0.1) is 0 Å². The summed E-state index contributed by atoms with van der Waals surface area (Å²) in [4.78, 5) is 35.0. The van der Waals surface area contributed by atoms with Crippen LogP contribution in [0.3, 0.4) is 0 Å². The number of esters is 1. The fraction of sp³-hybridized carbons (Fsp3) is 0.211. The van der Waals surface area contributed by atoms with Gasteiger partial charge in [-0.25, -0.2) is 0 Å². The van der Waals surface area contributed by atoms with Crippen LogP contribution in [-0.4, -0.2) is 41.1 Å². The molecular weight excluding hydrogens is 352 g/mol. The second-order valence-corrected chi connectivity index (χ2v) is 5.72. The summed E-state index contributed by atoms with van der Waals surface area (Å²) in [6, 6.07) is 9.86. The maximum atomic E-state index is 12.1. The molecule has 2 amide bonds. The van der Waals surface area contributed by atoms with E-state index in [-0.39, 0.29) is 28.7 Å². The number of nitrogens with one attached hydrogen (secondary N) is 2. The molecule has 142 valence electrons. The summed E-state index contributed by atoms with van der Waals surface area (Å²) in [6.45, 7) is 1.89. The fourth-order valence-corrected chi connectivity index (χ4v) is 2.29. The normalized spacial score (nSPS) is 10.1. The molecule has 0 radical (unpaired) electrons. The molecular formula is C19H20N2O6. The van der Waals surface area contributed by atoms with Crippen LogP contribution in [-0.2, 0) is 4.79 Å². The number of ether oxygens (including phenoxy) is 1. The van der Waals surface area contributed by atoms with E-state index in [4.69, 9.17) is 4.74 Å². The van der Waals surface area contributed by atoms with Crippen molar-refractivity contribution in [3.8, 4) is 17.2 Å². The Morgan fingerprint density at radius 3 is 2.07 bits per heavy atom. The van der Waals surface area contributed by atoms with Crippen molar-refractivity contribution in [1.82, 2.24) is 10.6 Å². The van der Waals surface area contributed by atoms with Crippen LogP contribution in [0.15, 0.2) is 42.5 Å². The minimum Gasteiger partial charge on any atom is -0.508 e. The molecule has 2 rings (SSSR count). The summed E-state index contributed by atoms with van der Waals surface area (Å²) < 4.78 is 4.93. The molecule has 0 fully saturated rings. The molecule has 8 heteroatoms. The molecule has 0 aliphatic rings. The number of rotatable bonds is 7. The zero-order valence-electron chi connectivity index (χ0n) is 14.7. The summed E-state index contributed by atoms with van der Waals surface area (Å²) in [7, 11) is 0. The van der Waals surface area contributed by atoms with Gasteiger partial charge in [0.1, 0.15) is 17.2 Å². The van der Waals surface area contributed by atoms with E-state index in [9.17, 15) is 24.6 Å². The third-order valence-corrected chi connectivity index (χ3v) is 3.45. The van der Waals surface area contributed by atoms with E-state index in [0.29, 0.717) is 25.1 Å². The van der Waals surface area contributed by atoms with Crippen molar-refractivity contribution >= 4 is 17.8 Å². The topological polar surface area (TPSA) is 125 Å². The third kappa shape index (κ3) is 6.35. The van der Waals surface area contributed by atoms with Crippen LogP contribution >= 0.6 is 0 Å². The Balaban J connectivity index is 1.75. The van der Waals surface area contributed by atoms with Gasteiger partial charge in [-0.2, -0.15) is 0 Å². The maximum absolute atomic E-state index is 12.1. The van der Waals surface area contributed by atoms with Crippen LogP contribution in [0, 0.1) is 0 Å². The van der Waals surface area contributed by atoms with E-state index in [1.54, 1.807) is 18.2 Å². The number of aromatic hydroxyl groups is 2. The Morgan fingerprint density at radius 2 is 1.48 bits per heavy atom. The van der Waals surface area contributed by atoms with Crippen molar-refractivity contribution in [3.63, 3.8) is 0 Å². The zero-order chi connectivity index (χ0) is 19.8. The van der Waals surface area contributed by atoms with E-state index in [2.05, 4.69) is 10.6 Å². The van der Waals surface area contributed by atoms with Gasteiger partial charge in [0.05, 0.1) is 0 Å². The number of phenols is 2. The first kappa shape index (κ1) is 19.8. The van der Waals surface area contributed by atoms with E-state index in [1.807, 2.05) is 0 Å². The number of phenolic OH excluding ortho intramolecular Hbond substituents is 2. The van der Waals surface area contributed by atoms with Crippen molar-refractivity contribution in [2.24, 2.45) is 0 Å². The van der Waals surface area contributed by atoms with Gasteiger partial charge < -0.3 is 25.6 Å². The van der Waals surface area contributed by atoms with Crippen LogP contribution < -0.4 is 15.4 Å². The van der Waals surface area contributed by atoms with Crippen LogP contribution in [0.4, 0.5) is 0 Å². The quantitative estimate of drug-likeness (QED) is 0.332. The summed E-state index contributed by atoms with van der Waals surface area (Å²) in [5, 5.41) is 24.1. The first-order chi connectivity index (χ1) is 12.8.